The van der Waals surface area contributed by atoms with Crippen LogP contribution in [0.3, 0.4) is 0 Å². The van der Waals surface area contributed by atoms with Gasteiger partial charge in [0.15, 0.2) is 0 Å². The summed E-state index contributed by atoms with van der Waals surface area (Å²) in [6, 6.07) is 12.5. The largest absolute Gasteiger partial charge is 0.383 e. The zero-order chi connectivity index (χ0) is 26.4. The van der Waals surface area contributed by atoms with Crippen LogP contribution in [0.5, 0.6) is 0 Å². The number of hydrogen-bond acceptors (Lipinski definition) is 5. The van der Waals surface area contributed by atoms with Crippen molar-refractivity contribution in [3.63, 3.8) is 0 Å². The quantitative estimate of drug-likeness (QED) is 0.276. The number of benzene rings is 2. The lowest BCUT2D eigenvalue weighted by molar-refractivity contribution is 0.443. The third kappa shape index (κ3) is 5.26. The van der Waals surface area contributed by atoms with Crippen LogP contribution in [0, 0.1) is 22.6 Å². The van der Waals surface area contributed by atoms with E-state index < -0.39 is 5.89 Å². The maximum Gasteiger partial charge on any atom is 0.123 e. The summed E-state index contributed by atoms with van der Waals surface area (Å²) in [5.74, 6) is -1.65. The molecule has 2 aromatic heterocycles. The Labute approximate surface area is 220 Å². The molecule has 1 fully saturated rings. The number of nitrogens with one attached hydrogen (secondary N) is 1. The van der Waals surface area contributed by atoms with Crippen LogP contribution >= 0.6 is 15.9 Å². The van der Waals surface area contributed by atoms with Gasteiger partial charge in [0.2, 0.25) is 0 Å². The molecule has 0 amide bonds. The Morgan fingerprint density at radius 3 is 2.69 bits per heavy atom. The fraction of sp³-hybridized carbons (Fsp3) is 0.357. The topological polar surface area (TPSA) is 79.4 Å². The van der Waals surface area contributed by atoms with Gasteiger partial charge in [-0.3, -0.25) is 4.98 Å². The zero-order valence-corrected chi connectivity index (χ0v) is 22.1. The van der Waals surface area contributed by atoms with Crippen molar-refractivity contribution in [1.82, 2.24) is 20.0 Å². The Morgan fingerprint density at radius 2 is 2.03 bits per heavy atom. The first kappa shape index (κ1) is 23.1. The van der Waals surface area contributed by atoms with Crippen LogP contribution in [0.1, 0.15) is 69.3 Å². The van der Waals surface area contributed by atoms with Crippen LogP contribution in [0.4, 0.5) is 10.1 Å². The Kier molecular flexibility index (Phi) is 6.18. The summed E-state index contributed by atoms with van der Waals surface area (Å²) in [5.41, 5.74) is 3.92. The average molecular weight is 548 g/mol. The minimum atomic E-state index is -1.30. The number of aromatic nitrogens is 4. The molecular formula is C28H28BrFN6. The molecule has 2 aromatic carbocycles. The number of rotatable bonds is 7. The number of halogens is 2. The number of nitriles is 1. The SMILES string of the molecule is [2H][C@@](Cc1cc(Br)c2ncc(C#N)c(NCC(C)(C)C)c2c1)(c1ccc(F)cc1)c1cn(C2CC2)nn1. The minimum Gasteiger partial charge on any atom is -0.383 e. The van der Waals surface area contributed by atoms with Crippen LogP contribution < -0.4 is 5.32 Å². The number of nitrogens with zero attached hydrogens (tertiary/aromatic N) is 5. The van der Waals surface area contributed by atoms with E-state index in [1.54, 1.807) is 18.3 Å². The van der Waals surface area contributed by atoms with Crippen LogP contribution in [0.25, 0.3) is 10.9 Å². The zero-order valence-electron chi connectivity index (χ0n) is 21.5. The van der Waals surface area contributed by atoms with E-state index >= 15 is 0 Å². The average Bonchev–Trinajstić information content (AvgIpc) is 3.58. The predicted octanol–water partition coefficient (Wildman–Crippen LogP) is 6.77. The molecule has 0 bridgehead atoms. The summed E-state index contributed by atoms with van der Waals surface area (Å²) < 4.78 is 26.0. The van der Waals surface area contributed by atoms with E-state index in [1.165, 1.54) is 12.1 Å². The first-order valence-electron chi connectivity index (χ1n) is 12.5. The van der Waals surface area contributed by atoms with E-state index in [-0.39, 0.29) is 17.7 Å². The number of anilines is 1. The number of hydrogen-bond donors (Lipinski definition) is 1. The van der Waals surface area contributed by atoms with Crippen molar-refractivity contribution in [2.45, 2.75) is 52.0 Å². The minimum absolute atomic E-state index is 0.00343. The molecule has 0 spiro atoms. The molecule has 0 radical (unpaired) electrons. The van der Waals surface area contributed by atoms with Gasteiger partial charge in [-0.1, -0.05) is 38.1 Å². The van der Waals surface area contributed by atoms with Gasteiger partial charge in [-0.15, -0.1) is 5.10 Å². The Balaban J connectivity index is 1.62. The van der Waals surface area contributed by atoms with Gasteiger partial charge in [-0.2, -0.15) is 5.26 Å². The van der Waals surface area contributed by atoms with Gasteiger partial charge in [-0.05, 0) is 76.0 Å². The molecule has 5 rings (SSSR count). The van der Waals surface area contributed by atoms with Crippen molar-refractivity contribution in [1.29, 1.82) is 5.26 Å². The van der Waals surface area contributed by atoms with E-state index in [1.807, 2.05) is 23.0 Å². The van der Waals surface area contributed by atoms with E-state index in [2.05, 4.69) is 63.4 Å². The van der Waals surface area contributed by atoms with Gasteiger partial charge in [0.25, 0.3) is 0 Å². The second-order valence-corrected chi connectivity index (χ2v) is 11.4. The normalized spacial score (nSPS) is 15.8. The van der Waals surface area contributed by atoms with E-state index in [4.69, 9.17) is 0 Å². The fourth-order valence-corrected chi connectivity index (χ4v) is 4.78. The highest BCUT2D eigenvalue weighted by atomic mass is 79.9. The third-order valence-electron chi connectivity index (χ3n) is 6.21. The van der Waals surface area contributed by atoms with Gasteiger partial charge in [0, 0.05) is 36.1 Å². The summed E-state index contributed by atoms with van der Waals surface area (Å²) in [7, 11) is 0. The van der Waals surface area contributed by atoms with Crippen LogP contribution in [0.2, 0.25) is 0 Å². The maximum absolute atomic E-state index is 13.8. The van der Waals surface area contributed by atoms with Crippen molar-refractivity contribution >= 4 is 32.5 Å². The summed E-state index contributed by atoms with van der Waals surface area (Å²) in [6.07, 6.45) is 5.81. The van der Waals surface area contributed by atoms with Crippen LogP contribution in [-0.2, 0) is 6.42 Å². The summed E-state index contributed by atoms with van der Waals surface area (Å²) in [6.45, 7) is 7.05. The summed E-state index contributed by atoms with van der Waals surface area (Å²) in [4.78, 5) is 4.53. The second kappa shape index (κ2) is 9.62. The lowest BCUT2D eigenvalue weighted by Gasteiger charge is -2.22. The highest BCUT2D eigenvalue weighted by molar-refractivity contribution is 9.10. The molecule has 4 aromatic rings. The van der Waals surface area contributed by atoms with Gasteiger partial charge in [0.05, 0.1) is 28.5 Å². The molecular weight excluding hydrogens is 519 g/mol. The summed E-state index contributed by atoms with van der Waals surface area (Å²) >= 11 is 3.66. The molecule has 2 heterocycles. The lowest BCUT2D eigenvalue weighted by atomic mass is 9.89. The molecule has 1 aliphatic rings. The van der Waals surface area contributed by atoms with Crippen molar-refractivity contribution in [3.05, 3.63) is 81.5 Å². The fourth-order valence-electron chi connectivity index (χ4n) is 4.17. The van der Waals surface area contributed by atoms with Gasteiger partial charge in [0.1, 0.15) is 11.9 Å². The molecule has 6 nitrogen and oxygen atoms in total. The molecule has 0 unspecified atom stereocenters. The maximum atomic E-state index is 13.8. The van der Waals surface area contributed by atoms with E-state index in [0.717, 1.165) is 39.5 Å². The summed E-state index contributed by atoms with van der Waals surface area (Å²) in [5, 5.41) is 22.7. The molecule has 0 aliphatic heterocycles. The Bertz CT molecular complexity index is 1500. The highest BCUT2D eigenvalue weighted by Gasteiger charge is 2.27. The van der Waals surface area contributed by atoms with Gasteiger partial charge >= 0.3 is 0 Å². The second-order valence-electron chi connectivity index (χ2n) is 10.5. The van der Waals surface area contributed by atoms with Crippen molar-refractivity contribution in [2.75, 3.05) is 11.9 Å². The molecule has 0 saturated heterocycles. The van der Waals surface area contributed by atoms with E-state index in [9.17, 15) is 11.0 Å². The van der Waals surface area contributed by atoms with Gasteiger partial charge < -0.3 is 5.32 Å². The Hall–Kier alpha value is -3.31. The van der Waals surface area contributed by atoms with E-state index in [0.29, 0.717) is 29.4 Å². The van der Waals surface area contributed by atoms with Crippen LogP contribution in [-0.4, -0.2) is 26.5 Å². The lowest BCUT2D eigenvalue weighted by Crippen LogP contribution is -2.19. The van der Waals surface area contributed by atoms with Gasteiger partial charge in [-0.25, -0.2) is 9.07 Å². The number of pyridine rings is 1. The van der Waals surface area contributed by atoms with Crippen molar-refractivity contribution < 1.29 is 5.76 Å². The number of fused-ring (bicyclic) bond motifs is 1. The van der Waals surface area contributed by atoms with Crippen molar-refractivity contribution in [2.24, 2.45) is 5.41 Å². The smallest absolute Gasteiger partial charge is 0.123 e. The molecule has 8 heteroatoms. The molecule has 1 atom stereocenters. The first-order valence-corrected chi connectivity index (χ1v) is 12.8. The molecule has 1 aliphatic carbocycles. The monoisotopic (exact) mass is 547 g/mol. The highest BCUT2D eigenvalue weighted by Crippen LogP contribution is 2.37. The van der Waals surface area contributed by atoms with Crippen molar-refractivity contribution in [3.8, 4) is 6.07 Å². The Morgan fingerprint density at radius 1 is 1.28 bits per heavy atom. The predicted molar refractivity (Wildman–Crippen MR) is 142 cm³/mol. The van der Waals surface area contributed by atoms with Crippen LogP contribution in [0.15, 0.2) is 53.3 Å². The first-order chi connectivity index (χ1) is 17.6. The molecule has 1 N–H and O–H groups in total. The molecule has 184 valence electrons. The molecule has 36 heavy (non-hydrogen) atoms. The molecule has 1 saturated carbocycles. The third-order valence-corrected chi connectivity index (χ3v) is 6.82. The standard InChI is InChI=1S/C28H28BrFN6/c1-28(2,3)16-33-26-19(13-31)14-32-27-23(26)11-17(12-24(27)29)10-22(18-4-6-20(30)7-5-18)25-15-36(35-34-25)21-8-9-21/h4-7,11-12,14-15,21-22H,8-10,16H2,1-3H3,(H,32,33)/t22-/m1/s1/i22D.